The number of rotatable bonds is 3. The number of carbonyl (C=O) groups excluding carboxylic acids is 2. The second-order valence-corrected chi connectivity index (χ2v) is 4.96. The average Bonchev–Trinajstić information content (AvgIpc) is 2.78. The zero-order valence-corrected chi connectivity index (χ0v) is 10.8. The molecule has 2 N–H and O–H groups in total. The maximum atomic E-state index is 12.1. The van der Waals surface area contributed by atoms with Crippen LogP contribution in [0.5, 0.6) is 0 Å². The molecule has 2 unspecified atom stereocenters. The first-order chi connectivity index (χ1) is 8.65. The molecule has 2 aliphatic rings. The molecule has 2 heterocycles. The number of amides is 2. The van der Waals surface area contributed by atoms with Gasteiger partial charge in [-0.15, -0.1) is 0 Å². The Morgan fingerprint density at radius 2 is 2.33 bits per heavy atom. The Kier molecular flexibility index (Phi) is 4.54. The third kappa shape index (κ3) is 3.68. The van der Waals surface area contributed by atoms with Crippen molar-refractivity contribution in [2.75, 3.05) is 32.8 Å². The molecule has 0 radical (unpaired) electrons. The van der Waals surface area contributed by atoms with Crippen molar-refractivity contribution in [3.63, 3.8) is 0 Å². The van der Waals surface area contributed by atoms with Crippen LogP contribution in [0.1, 0.15) is 19.8 Å². The van der Waals surface area contributed by atoms with Crippen LogP contribution in [0, 0.1) is 0 Å². The Morgan fingerprint density at radius 3 is 3.00 bits per heavy atom. The van der Waals surface area contributed by atoms with Gasteiger partial charge in [0.15, 0.2) is 0 Å². The van der Waals surface area contributed by atoms with Gasteiger partial charge >= 0.3 is 0 Å². The first-order valence-corrected chi connectivity index (χ1v) is 6.51. The van der Waals surface area contributed by atoms with Crippen molar-refractivity contribution in [1.29, 1.82) is 0 Å². The minimum absolute atomic E-state index is 0.0309. The molecule has 6 heteroatoms. The third-order valence-electron chi connectivity index (χ3n) is 3.37. The van der Waals surface area contributed by atoms with Crippen LogP contribution in [0.15, 0.2) is 0 Å². The highest BCUT2D eigenvalue weighted by molar-refractivity contribution is 5.78. The van der Waals surface area contributed by atoms with Crippen molar-refractivity contribution in [2.24, 2.45) is 0 Å². The SMILES string of the molecule is CC(=O)NC1CCN(C(=O)CC2COCCN2)C1. The smallest absolute Gasteiger partial charge is 0.224 e. The lowest BCUT2D eigenvalue weighted by Crippen LogP contribution is -2.45. The zero-order valence-electron chi connectivity index (χ0n) is 10.8. The van der Waals surface area contributed by atoms with E-state index in [0.29, 0.717) is 19.6 Å². The molecule has 2 amide bonds. The zero-order chi connectivity index (χ0) is 13.0. The summed E-state index contributed by atoms with van der Waals surface area (Å²) in [6.07, 6.45) is 1.33. The van der Waals surface area contributed by atoms with E-state index < -0.39 is 0 Å². The van der Waals surface area contributed by atoms with Gasteiger partial charge in [0.05, 0.1) is 13.2 Å². The second-order valence-electron chi connectivity index (χ2n) is 4.96. The van der Waals surface area contributed by atoms with Crippen LogP contribution in [0.25, 0.3) is 0 Å². The number of likely N-dealkylation sites (tertiary alicyclic amines) is 1. The standard InChI is InChI=1S/C12H21N3O3/c1-9(16)14-10-2-4-15(7-10)12(17)6-11-8-18-5-3-13-11/h10-11,13H,2-8H2,1H3,(H,14,16). The Morgan fingerprint density at radius 1 is 1.50 bits per heavy atom. The normalized spacial score (nSPS) is 28.2. The maximum absolute atomic E-state index is 12.1. The van der Waals surface area contributed by atoms with E-state index in [2.05, 4.69) is 10.6 Å². The highest BCUT2D eigenvalue weighted by Crippen LogP contribution is 2.12. The molecule has 102 valence electrons. The Bertz CT molecular complexity index is 316. The summed E-state index contributed by atoms with van der Waals surface area (Å²) in [4.78, 5) is 24.8. The van der Waals surface area contributed by atoms with Crippen LogP contribution >= 0.6 is 0 Å². The Labute approximate surface area is 107 Å². The van der Waals surface area contributed by atoms with Crippen molar-refractivity contribution in [1.82, 2.24) is 15.5 Å². The van der Waals surface area contributed by atoms with Gasteiger partial charge in [-0.05, 0) is 6.42 Å². The first-order valence-electron chi connectivity index (χ1n) is 6.51. The molecular formula is C12H21N3O3. The summed E-state index contributed by atoms with van der Waals surface area (Å²) in [6, 6.07) is 0.244. The molecule has 18 heavy (non-hydrogen) atoms. The van der Waals surface area contributed by atoms with Gasteiger partial charge in [0.25, 0.3) is 0 Å². The topological polar surface area (TPSA) is 70.7 Å². The van der Waals surface area contributed by atoms with Gasteiger partial charge in [-0.25, -0.2) is 0 Å². The van der Waals surface area contributed by atoms with Gasteiger partial charge in [-0.3, -0.25) is 9.59 Å². The average molecular weight is 255 g/mol. The van der Waals surface area contributed by atoms with E-state index >= 15 is 0 Å². The van der Waals surface area contributed by atoms with Crippen molar-refractivity contribution < 1.29 is 14.3 Å². The maximum Gasteiger partial charge on any atom is 0.224 e. The summed E-state index contributed by atoms with van der Waals surface area (Å²) in [5.74, 6) is 0.113. The predicted octanol–water partition coefficient (Wildman–Crippen LogP) is -0.898. The van der Waals surface area contributed by atoms with E-state index in [0.717, 1.165) is 26.1 Å². The van der Waals surface area contributed by atoms with Gasteiger partial charge in [0.2, 0.25) is 11.8 Å². The number of hydrogen-bond donors (Lipinski definition) is 2. The van der Waals surface area contributed by atoms with Crippen molar-refractivity contribution in [3.05, 3.63) is 0 Å². The summed E-state index contributed by atoms with van der Waals surface area (Å²) >= 11 is 0. The molecule has 0 spiro atoms. The lowest BCUT2D eigenvalue weighted by Gasteiger charge is -2.25. The highest BCUT2D eigenvalue weighted by Gasteiger charge is 2.28. The first kappa shape index (κ1) is 13.3. The van der Waals surface area contributed by atoms with Crippen LogP contribution in [0.2, 0.25) is 0 Å². The van der Waals surface area contributed by atoms with Gasteiger partial charge in [-0.1, -0.05) is 0 Å². The van der Waals surface area contributed by atoms with E-state index in [4.69, 9.17) is 4.74 Å². The lowest BCUT2D eigenvalue weighted by molar-refractivity contribution is -0.131. The fraction of sp³-hybridized carbons (Fsp3) is 0.833. The molecule has 0 bridgehead atoms. The summed E-state index contributed by atoms with van der Waals surface area (Å²) in [5.41, 5.74) is 0. The van der Waals surface area contributed by atoms with E-state index in [-0.39, 0.29) is 23.9 Å². The minimum atomic E-state index is -0.0309. The molecule has 0 aromatic rings. The number of nitrogens with zero attached hydrogens (tertiary/aromatic N) is 1. The lowest BCUT2D eigenvalue weighted by atomic mass is 10.2. The number of carbonyl (C=O) groups is 2. The van der Waals surface area contributed by atoms with Crippen molar-refractivity contribution in [2.45, 2.75) is 31.8 Å². The molecule has 2 rings (SSSR count). The van der Waals surface area contributed by atoms with Crippen LogP contribution in [-0.4, -0.2) is 61.6 Å². The van der Waals surface area contributed by atoms with Crippen molar-refractivity contribution in [3.8, 4) is 0 Å². The predicted molar refractivity (Wildman–Crippen MR) is 66.0 cm³/mol. The summed E-state index contributed by atoms with van der Waals surface area (Å²) < 4.78 is 5.33. The van der Waals surface area contributed by atoms with Crippen molar-refractivity contribution >= 4 is 11.8 Å². The van der Waals surface area contributed by atoms with Crippen LogP contribution in [0.3, 0.4) is 0 Å². The van der Waals surface area contributed by atoms with Gasteiger partial charge in [0, 0.05) is 45.1 Å². The second kappa shape index (κ2) is 6.15. The monoisotopic (exact) mass is 255 g/mol. The number of hydrogen-bond acceptors (Lipinski definition) is 4. The van der Waals surface area contributed by atoms with Gasteiger partial charge in [0.1, 0.15) is 0 Å². The van der Waals surface area contributed by atoms with E-state index in [1.807, 2.05) is 4.90 Å². The van der Waals surface area contributed by atoms with Crippen LogP contribution < -0.4 is 10.6 Å². The number of nitrogens with one attached hydrogen (secondary N) is 2. The quantitative estimate of drug-likeness (QED) is 0.686. The fourth-order valence-corrected chi connectivity index (χ4v) is 2.48. The molecule has 6 nitrogen and oxygen atoms in total. The van der Waals surface area contributed by atoms with Crippen LogP contribution in [-0.2, 0) is 14.3 Å². The minimum Gasteiger partial charge on any atom is -0.378 e. The van der Waals surface area contributed by atoms with E-state index in [1.165, 1.54) is 6.92 Å². The summed E-state index contributed by atoms with van der Waals surface area (Å²) in [6.45, 7) is 5.01. The molecule has 2 aliphatic heterocycles. The summed E-state index contributed by atoms with van der Waals surface area (Å²) in [5, 5.41) is 6.13. The number of ether oxygens (including phenoxy) is 1. The molecule has 0 aromatic heterocycles. The molecule has 2 fully saturated rings. The molecule has 2 saturated heterocycles. The fourth-order valence-electron chi connectivity index (χ4n) is 2.48. The van der Waals surface area contributed by atoms with E-state index in [1.54, 1.807) is 0 Å². The molecule has 0 aliphatic carbocycles. The van der Waals surface area contributed by atoms with E-state index in [9.17, 15) is 9.59 Å². The largest absolute Gasteiger partial charge is 0.378 e. The van der Waals surface area contributed by atoms with Gasteiger partial charge in [-0.2, -0.15) is 0 Å². The summed E-state index contributed by atoms with van der Waals surface area (Å²) in [7, 11) is 0. The molecule has 2 atom stereocenters. The molecule has 0 aromatic carbocycles. The Balaban J connectivity index is 1.74. The Hall–Kier alpha value is -1.14. The van der Waals surface area contributed by atoms with Crippen LogP contribution in [0.4, 0.5) is 0 Å². The highest BCUT2D eigenvalue weighted by atomic mass is 16.5. The molecule has 0 saturated carbocycles. The van der Waals surface area contributed by atoms with Gasteiger partial charge < -0.3 is 20.3 Å². The molecular weight excluding hydrogens is 234 g/mol. The number of morpholine rings is 1. The third-order valence-corrected chi connectivity index (χ3v) is 3.37.